The van der Waals surface area contributed by atoms with E-state index in [0.717, 1.165) is 36.4 Å². The lowest BCUT2D eigenvalue weighted by atomic mass is 10.0. The summed E-state index contributed by atoms with van der Waals surface area (Å²) in [6.07, 6.45) is 3.47. The predicted octanol–water partition coefficient (Wildman–Crippen LogP) is 2.25. The minimum absolute atomic E-state index is 0.0586. The summed E-state index contributed by atoms with van der Waals surface area (Å²) in [5, 5.41) is 3.31. The van der Waals surface area contributed by atoms with E-state index in [0.29, 0.717) is 5.56 Å². The predicted molar refractivity (Wildman–Crippen MR) is 97.4 cm³/mol. The Kier molecular flexibility index (Phi) is 4.81. The fourth-order valence-electron chi connectivity index (χ4n) is 2.98. The first kappa shape index (κ1) is 16.5. The molecule has 24 heavy (non-hydrogen) atoms. The van der Waals surface area contributed by atoms with Crippen LogP contribution in [-0.2, 0) is 0 Å². The molecule has 1 aromatic heterocycles. The zero-order valence-electron chi connectivity index (χ0n) is 14.5. The highest BCUT2D eigenvalue weighted by Gasteiger charge is 2.24. The molecule has 1 N–H and O–H groups in total. The van der Waals surface area contributed by atoms with Crippen LogP contribution in [0.4, 0.5) is 5.69 Å². The molecule has 0 aliphatic carbocycles. The van der Waals surface area contributed by atoms with E-state index in [4.69, 9.17) is 0 Å². The summed E-state index contributed by atoms with van der Waals surface area (Å²) in [5.74, 6) is 0.0586. The zero-order chi connectivity index (χ0) is 17.1. The minimum atomic E-state index is 0.0586. The number of nitrogens with one attached hydrogen (secondary N) is 1. The molecule has 0 saturated carbocycles. The summed E-state index contributed by atoms with van der Waals surface area (Å²) in [5.41, 5.74) is 3.83. The molecule has 1 aliphatic rings. The Morgan fingerprint density at radius 3 is 2.62 bits per heavy atom. The topological polar surface area (TPSA) is 48.5 Å². The van der Waals surface area contributed by atoms with Gasteiger partial charge in [0.05, 0.1) is 5.56 Å². The number of aromatic nitrogens is 1. The lowest BCUT2D eigenvalue weighted by molar-refractivity contribution is 0.0655. The fourth-order valence-corrected chi connectivity index (χ4v) is 2.98. The summed E-state index contributed by atoms with van der Waals surface area (Å²) < 4.78 is 0. The number of amides is 1. The summed E-state index contributed by atoms with van der Waals surface area (Å²) >= 11 is 0. The van der Waals surface area contributed by atoms with E-state index < -0.39 is 0 Å². The molecule has 1 fully saturated rings. The van der Waals surface area contributed by atoms with E-state index in [1.54, 1.807) is 6.20 Å². The van der Waals surface area contributed by atoms with Crippen molar-refractivity contribution in [1.29, 1.82) is 0 Å². The Balaban J connectivity index is 1.84. The highest BCUT2D eigenvalue weighted by atomic mass is 16.2. The lowest BCUT2D eigenvalue weighted by Crippen LogP contribution is -2.52. The van der Waals surface area contributed by atoms with Crippen molar-refractivity contribution < 1.29 is 4.79 Å². The molecule has 5 nitrogen and oxygen atoms in total. The number of nitrogens with zero attached hydrogens (tertiary/aromatic N) is 3. The lowest BCUT2D eigenvalue weighted by Gasteiger charge is -2.34. The largest absolute Gasteiger partial charge is 0.378 e. The molecule has 0 spiro atoms. The van der Waals surface area contributed by atoms with Crippen molar-refractivity contribution in [3.63, 3.8) is 0 Å². The van der Waals surface area contributed by atoms with Crippen LogP contribution in [0.5, 0.6) is 0 Å². The van der Waals surface area contributed by atoms with Crippen LogP contribution in [0.15, 0.2) is 42.7 Å². The molecular formula is C19H24N4O. The Morgan fingerprint density at radius 2 is 1.96 bits per heavy atom. The molecule has 0 bridgehead atoms. The third kappa shape index (κ3) is 3.41. The number of pyridine rings is 1. The third-order valence-corrected chi connectivity index (χ3v) is 4.46. The quantitative estimate of drug-likeness (QED) is 0.941. The molecule has 1 atom stereocenters. The molecule has 1 aromatic carbocycles. The van der Waals surface area contributed by atoms with E-state index in [1.165, 1.54) is 0 Å². The van der Waals surface area contributed by atoms with Crippen molar-refractivity contribution >= 4 is 11.6 Å². The van der Waals surface area contributed by atoms with Gasteiger partial charge in [0.25, 0.3) is 5.91 Å². The van der Waals surface area contributed by atoms with Crippen molar-refractivity contribution in [3.8, 4) is 11.1 Å². The molecular weight excluding hydrogens is 300 g/mol. The van der Waals surface area contributed by atoms with Crippen LogP contribution < -0.4 is 10.2 Å². The molecule has 3 rings (SSSR count). The number of hydrogen-bond acceptors (Lipinski definition) is 4. The number of benzene rings is 1. The van der Waals surface area contributed by atoms with Gasteiger partial charge in [-0.05, 0) is 30.7 Å². The number of piperazine rings is 1. The van der Waals surface area contributed by atoms with Gasteiger partial charge in [-0.1, -0.05) is 12.1 Å². The summed E-state index contributed by atoms with van der Waals surface area (Å²) in [6.45, 7) is 4.49. The first-order chi connectivity index (χ1) is 11.6. The average molecular weight is 324 g/mol. The van der Waals surface area contributed by atoms with E-state index in [2.05, 4.69) is 46.4 Å². The molecule has 2 aromatic rings. The van der Waals surface area contributed by atoms with Crippen LogP contribution in [-0.4, -0.2) is 55.6 Å². The van der Waals surface area contributed by atoms with Crippen molar-refractivity contribution in [3.05, 3.63) is 48.3 Å². The number of rotatable bonds is 3. The second kappa shape index (κ2) is 7.01. The molecule has 126 valence electrons. The molecule has 0 unspecified atom stereocenters. The highest BCUT2D eigenvalue weighted by molar-refractivity contribution is 5.95. The standard InChI is InChI=1S/C19H24N4O/c1-14-11-20-8-9-23(14)19(24)17-10-16(12-21-13-17)15-4-6-18(7-5-15)22(2)3/h4-7,10,12-14,20H,8-9,11H2,1-3H3/t14-/m1/s1. The van der Waals surface area contributed by atoms with Crippen molar-refractivity contribution in [2.24, 2.45) is 0 Å². The molecule has 0 radical (unpaired) electrons. The summed E-state index contributed by atoms with van der Waals surface area (Å²) in [6, 6.07) is 10.4. The van der Waals surface area contributed by atoms with Gasteiger partial charge in [0.1, 0.15) is 0 Å². The maximum absolute atomic E-state index is 12.8. The first-order valence-corrected chi connectivity index (χ1v) is 8.31. The van der Waals surface area contributed by atoms with Crippen LogP contribution in [0.1, 0.15) is 17.3 Å². The van der Waals surface area contributed by atoms with Gasteiger partial charge in [0, 0.05) is 63.4 Å². The summed E-state index contributed by atoms with van der Waals surface area (Å²) in [7, 11) is 4.04. The van der Waals surface area contributed by atoms with Gasteiger partial charge in [-0.3, -0.25) is 9.78 Å². The average Bonchev–Trinajstić information content (AvgIpc) is 2.62. The second-order valence-electron chi connectivity index (χ2n) is 6.46. The molecule has 5 heteroatoms. The molecule has 2 heterocycles. The van der Waals surface area contributed by atoms with Crippen LogP contribution in [0, 0.1) is 0 Å². The monoisotopic (exact) mass is 324 g/mol. The molecule has 1 aliphatic heterocycles. The third-order valence-electron chi connectivity index (χ3n) is 4.46. The Labute approximate surface area is 143 Å². The van der Waals surface area contributed by atoms with Gasteiger partial charge in [0.15, 0.2) is 0 Å². The van der Waals surface area contributed by atoms with Crippen LogP contribution >= 0.6 is 0 Å². The maximum Gasteiger partial charge on any atom is 0.255 e. The van der Waals surface area contributed by atoms with Crippen molar-refractivity contribution in [2.45, 2.75) is 13.0 Å². The second-order valence-corrected chi connectivity index (χ2v) is 6.46. The highest BCUT2D eigenvalue weighted by Crippen LogP contribution is 2.23. The maximum atomic E-state index is 12.8. The first-order valence-electron chi connectivity index (χ1n) is 8.31. The number of hydrogen-bond donors (Lipinski definition) is 1. The number of carbonyl (C=O) groups excluding carboxylic acids is 1. The van der Waals surface area contributed by atoms with Gasteiger partial charge in [-0.15, -0.1) is 0 Å². The number of carbonyl (C=O) groups is 1. The van der Waals surface area contributed by atoms with E-state index >= 15 is 0 Å². The Morgan fingerprint density at radius 1 is 1.21 bits per heavy atom. The molecule has 1 saturated heterocycles. The Bertz CT molecular complexity index is 712. The molecule has 1 amide bonds. The fraction of sp³-hybridized carbons (Fsp3) is 0.368. The number of anilines is 1. The van der Waals surface area contributed by atoms with Crippen LogP contribution in [0.2, 0.25) is 0 Å². The van der Waals surface area contributed by atoms with Crippen molar-refractivity contribution in [1.82, 2.24) is 15.2 Å². The zero-order valence-corrected chi connectivity index (χ0v) is 14.5. The van der Waals surface area contributed by atoms with Gasteiger partial charge < -0.3 is 15.1 Å². The van der Waals surface area contributed by atoms with Crippen molar-refractivity contribution in [2.75, 3.05) is 38.6 Å². The SMILES string of the molecule is C[C@@H]1CNCCN1C(=O)c1cncc(-c2ccc(N(C)C)cc2)c1. The normalized spacial score (nSPS) is 17.6. The summed E-state index contributed by atoms with van der Waals surface area (Å²) in [4.78, 5) is 21.1. The van der Waals surface area contributed by atoms with Gasteiger partial charge >= 0.3 is 0 Å². The van der Waals surface area contributed by atoms with E-state index in [-0.39, 0.29) is 11.9 Å². The van der Waals surface area contributed by atoms with E-state index in [1.807, 2.05) is 31.3 Å². The van der Waals surface area contributed by atoms with Crippen LogP contribution in [0.3, 0.4) is 0 Å². The smallest absolute Gasteiger partial charge is 0.255 e. The van der Waals surface area contributed by atoms with E-state index in [9.17, 15) is 4.79 Å². The minimum Gasteiger partial charge on any atom is -0.378 e. The van der Waals surface area contributed by atoms with Gasteiger partial charge in [-0.25, -0.2) is 0 Å². The van der Waals surface area contributed by atoms with Gasteiger partial charge in [-0.2, -0.15) is 0 Å². The van der Waals surface area contributed by atoms with Crippen LogP contribution in [0.25, 0.3) is 11.1 Å². The van der Waals surface area contributed by atoms with Gasteiger partial charge in [0.2, 0.25) is 0 Å². The Hall–Kier alpha value is -2.40.